The second-order valence-corrected chi connectivity index (χ2v) is 8.93. The first kappa shape index (κ1) is 23.2. The second kappa shape index (κ2) is 10.1. The van der Waals surface area contributed by atoms with Crippen LogP contribution in [0.3, 0.4) is 0 Å². The van der Waals surface area contributed by atoms with Crippen molar-refractivity contribution < 1.29 is 22.7 Å². The average Bonchev–Trinajstić information content (AvgIpc) is 2.72. The van der Waals surface area contributed by atoms with Crippen LogP contribution in [0.25, 0.3) is 0 Å². The number of carbonyl (C=O) groups is 2. The monoisotopic (exact) mass is 425 g/mol. The van der Waals surface area contributed by atoms with Crippen LogP contribution in [0, 0.1) is 0 Å². The molecule has 2 rings (SSSR count). The molecule has 1 saturated heterocycles. The highest BCUT2D eigenvalue weighted by Gasteiger charge is 2.33. The molecule has 162 valence electrons. The second-order valence-electron chi connectivity index (χ2n) is 7.07. The molecule has 0 bridgehead atoms. The van der Waals surface area contributed by atoms with E-state index in [0.717, 1.165) is 19.3 Å². The van der Waals surface area contributed by atoms with Gasteiger partial charge in [0.1, 0.15) is 10.6 Å². The maximum absolute atomic E-state index is 13.2. The zero-order chi connectivity index (χ0) is 21.6. The van der Waals surface area contributed by atoms with E-state index in [1.807, 2.05) is 20.8 Å². The molecule has 0 spiro atoms. The van der Waals surface area contributed by atoms with Crippen molar-refractivity contribution in [3.63, 3.8) is 0 Å². The van der Waals surface area contributed by atoms with Crippen molar-refractivity contribution in [2.45, 2.75) is 51.0 Å². The van der Waals surface area contributed by atoms with Gasteiger partial charge >= 0.3 is 0 Å². The van der Waals surface area contributed by atoms with Gasteiger partial charge in [0.05, 0.1) is 13.7 Å². The molecular weight excluding hydrogens is 394 g/mol. The van der Waals surface area contributed by atoms with E-state index in [9.17, 15) is 18.0 Å². The molecule has 1 N–H and O–H groups in total. The first-order valence-electron chi connectivity index (χ1n) is 10.0. The van der Waals surface area contributed by atoms with Crippen molar-refractivity contribution in [2.24, 2.45) is 0 Å². The third kappa shape index (κ3) is 5.27. The molecule has 1 aliphatic rings. The smallest absolute Gasteiger partial charge is 0.251 e. The number of nitrogens with one attached hydrogen (secondary N) is 1. The molecule has 1 unspecified atom stereocenters. The zero-order valence-electron chi connectivity index (χ0n) is 17.6. The Hall–Kier alpha value is -2.13. The van der Waals surface area contributed by atoms with Crippen molar-refractivity contribution in [3.05, 3.63) is 23.8 Å². The number of carbonyl (C=O) groups excluding carboxylic acids is 2. The summed E-state index contributed by atoms with van der Waals surface area (Å²) in [6, 6.07) is 4.19. The van der Waals surface area contributed by atoms with Crippen LogP contribution >= 0.6 is 0 Å². The lowest BCUT2D eigenvalue weighted by molar-refractivity contribution is -0.129. The Balaban J connectivity index is 2.26. The van der Waals surface area contributed by atoms with Gasteiger partial charge in [-0.05, 0) is 51.8 Å². The van der Waals surface area contributed by atoms with Gasteiger partial charge in [-0.2, -0.15) is 4.31 Å². The third-order valence-electron chi connectivity index (χ3n) is 5.27. The summed E-state index contributed by atoms with van der Waals surface area (Å²) in [5.41, 5.74) is 0.168. The van der Waals surface area contributed by atoms with Crippen LogP contribution in [0.2, 0.25) is 0 Å². The number of benzene rings is 1. The molecule has 8 nitrogen and oxygen atoms in total. The van der Waals surface area contributed by atoms with Gasteiger partial charge in [-0.25, -0.2) is 8.42 Å². The SMILES string of the molecule is CCN(CC)C(=O)CNC(=O)c1ccc(OC)c(S(=O)(=O)N2CCCCC2C)c1. The quantitative estimate of drug-likeness (QED) is 0.686. The highest BCUT2D eigenvalue weighted by Crippen LogP contribution is 2.31. The van der Waals surface area contributed by atoms with Crippen LogP contribution in [0.4, 0.5) is 0 Å². The van der Waals surface area contributed by atoms with Crippen molar-refractivity contribution in [1.29, 1.82) is 0 Å². The largest absolute Gasteiger partial charge is 0.495 e. The van der Waals surface area contributed by atoms with Crippen LogP contribution in [-0.4, -0.2) is 68.8 Å². The van der Waals surface area contributed by atoms with Crippen LogP contribution in [-0.2, 0) is 14.8 Å². The minimum Gasteiger partial charge on any atom is -0.495 e. The summed E-state index contributed by atoms with van der Waals surface area (Å²) >= 11 is 0. The van der Waals surface area contributed by atoms with E-state index < -0.39 is 15.9 Å². The first-order valence-corrected chi connectivity index (χ1v) is 11.5. The summed E-state index contributed by atoms with van der Waals surface area (Å²) in [5.74, 6) is -0.498. The average molecular weight is 426 g/mol. The van der Waals surface area contributed by atoms with E-state index in [-0.39, 0.29) is 34.7 Å². The summed E-state index contributed by atoms with van der Waals surface area (Å²) in [5, 5.41) is 2.57. The van der Waals surface area contributed by atoms with Gasteiger partial charge in [0, 0.05) is 31.2 Å². The van der Waals surface area contributed by atoms with Gasteiger partial charge in [-0.15, -0.1) is 0 Å². The van der Waals surface area contributed by atoms with Gasteiger partial charge in [-0.1, -0.05) is 6.42 Å². The van der Waals surface area contributed by atoms with E-state index in [4.69, 9.17) is 4.74 Å². The molecule has 9 heteroatoms. The lowest BCUT2D eigenvalue weighted by Gasteiger charge is -2.32. The topological polar surface area (TPSA) is 96.0 Å². The maximum Gasteiger partial charge on any atom is 0.251 e. The van der Waals surface area contributed by atoms with E-state index in [0.29, 0.717) is 19.6 Å². The molecule has 0 aromatic heterocycles. The molecule has 1 heterocycles. The fourth-order valence-electron chi connectivity index (χ4n) is 3.52. The van der Waals surface area contributed by atoms with Crippen LogP contribution in [0.1, 0.15) is 50.4 Å². The summed E-state index contributed by atoms with van der Waals surface area (Å²) in [7, 11) is -2.41. The normalized spacial score (nSPS) is 17.6. The Morgan fingerprint density at radius 1 is 1.24 bits per heavy atom. The standard InChI is InChI=1S/C20H31N3O5S/c1-5-22(6-2)19(24)14-21-20(25)16-10-11-17(28-4)18(13-16)29(26,27)23-12-8-7-9-15(23)3/h10-11,13,15H,5-9,12,14H2,1-4H3,(H,21,25). The van der Waals surface area contributed by atoms with Crippen LogP contribution in [0.15, 0.2) is 23.1 Å². The molecule has 0 aliphatic carbocycles. The molecule has 1 aromatic carbocycles. The summed E-state index contributed by atoms with van der Waals surface area (Å²) < 4.78 is 33.2. The molecule has 1 aromatic rings. The lowest BCUT2D eigenvalue weighted by atomic mass is 10.1. The van der Waals surface area contributed by atoms with Gasteiger partial charge in [-0.3, -0.25) is 9.59 Å². The number of methoxy groups -OCH3 is 1. The maximum atomic E-state index is 13.2. The molecule has 2 amide bonds. The predicted molar refractivity (Wildman–Crippen MR) is 110 cm³/mol. The summed E-state index contributed by atoms with van der Waals surface area (Å²) in [6.07, 6.45) is 2.60. The highest BCUT2D eigenvalue weighted by atomic mass is 32.2. The van der Waals surface area contributed by atoms with E-state index in [2.05, 4.69) is 5.32 Å². The predicted octanol–water partition coefficient (Wildman–Crippen LogP) is 1.86. The number of rotatable bonds is 8. The Kier molecular flexibility index (Phi) is 8.04. The van der Waals surface area contributed by atoms with Crippen molar-refractivity contribution >= 4 is 21.8 Å². The Labute approximate surface area is 173 Å². The van der Waals surface area contributed by atoms with Crippen molar-refractivity contribution in [3.8, 4) is 5.75 Å². The molecule has 29 heavy (non-hydrogen) atoms. The molecule has 1 atom stereocenters. The lowest BCUT2D eigenvalue weighted by Crippen LogP contribution is -2.42. The van der Waals surface area contributed by atoms with Crippen LogP contribution < -0.4 is 10.1 Å². The molecular formula is C20H31N3O5S. The number of hydrogen-bond donors (Lipinski definition) is 1. The fourth-order valence-corrected chi connectivity index (χ4v) is 5.40. The van der Waals surface area contributed by atoms with Crippen molar-refractivity contribution in [1.82, 2.24) is 14.5 Å². The van der Waals surface area contributed by atoms with Crippen LogP contribution in [0.5, 0.6) is 5.75 Å². The highest BCUT2D eigenvalue weighted by molar-refractivity contribution is 7.89. The zero-order valence-corrected chi connectivity index (χ0v) is 18.4. The van der Waals surface area contributed by atoms with Gasteiger partial charge in [0.2, 0.25) is 15.9 Å². The fraction of sp³-hybridized carbons (Fsp3) is 0.600. The van der Waals surface area contributed by atoms with E-state index in [1.165, 1.54) is 29.6 Å². The molecule has 0 saturated carbocycles. The molecule has 0 radical (unpaired) electrons. The Morgan fingerprint density at radius 3 is 2.52 bits per heavy atom. The Morgan fingerprint density at radius 2 is 1.93 bits per heavy atom. The number of sulfonamides is 1. The number of hydrogen-bond acceptors (Lipinski definition) is 5. The summed E-state index contributed by atoms with van der Waals surface area (Å²) in [4.78, 5) is 26.2. The molecule has 1 fully saturated rings. The van der Waals surface area contributed by atoms with E-state index in [1.54, 1.807) is 4.90 Å². The molecule has 1 aliphatic heterocycles. The minimum absolute atomic E-state index is 0.0310. The number of amides is 2. The van der Waals surface area contributed by atoms with Gasteiger partial charge < -0.3 is 15.0 Å². The number of likely N-dealkylation sites (N-methyl/N-ethyl adjacent to an activating group) is 1. The van der Waals surface area contributed by atoms with E-state index >= 15 is 0 Å². The Bertz CT molecular complexity index is 837. The number of piperidine rings is 1. The van der Waals surface area contributed by atoms with Crippen molar-refractivity contribution in [2.75, 3.05) is 33.3 Å². The number of nitrogens with zero attached hydrogens (tertiary/aromatic N) is 2. The third-order valence-corrected chi connectivity index (χ3v) is 7.31. The van der Waals surface area contributed by atoms with Gasteiger partial charge in [0.15, 0.2) is 0 Å². The summed E-state index contributed by atoms with van der Waals surface area (Å²) in [6.45, 7) is 7.04. The minimum atomic E-state index is -3.81. The van der Waals surface area contributed by atoms with Gasteiger partial charge in [0.25, 0.3) is 5.91 Å². The first-order chi connectivity index (χ1) is 13.8. The number of ether oxygens (including phenoxy) is 1.